The molecule has 1 N–H and O–H groups in total. The average molecular weight is 451 g/mol. The van der Waals surface area contributed by atoms with E-state index < -0.39 is 0 Å². The summed E-state index contributed by atoms with van der Waals surface area (Å²) in [5.41, 5.74) is 3.33. The molecule has 3 rings (SSSR count). The van der Waals surface area contributed by atoms with Crippen molar-refractivity contribution in [3.63, 3.8) is 0 Å². The van der Waals surface area contributed by atoms with E-state index in [0.29, 0.717) is 22.5 Å². The van der Waals surface area contributed by atoms with E-state index in [1.807, 2.05) is 24.3 Å². The maximum absolute atomic E-state index is 12.2. The molecule has 0 bridgehead atoms. The first-order chi connectivity index (χ1) is 11.4. The zero-order valence-electron chi connectivity index (χ0n) is 13.3. The molecule has 0 spiro atoms. The molecule has 0 saturated carbocycles. The van der Waals surface area contributed by atoms with Crippen molar-refractivity contribution in [1.82, 2.24) is 5.32 Å². The van der Waals surface area contributed by atoms with Crippen LogP contribution in [0.4, 0.5) is 0 Å². The Kier molecular flexibility index (Phi) is 5.06. The van der Waals surface area contributed by atoms with Gasteiger partial charge < -0.3 is 5.32 Å². The van der Waals surface area contributed by atoms with Crippen LogP contribution in [-0.2, 0) is 4.79 Å². The maximum Gasteiger partial charge on any atom is 0.275 e. The summed E-state index contributed by atoms with van der Waals surface area (Å²) in [5, 5.41) is 3.36. The number of benzene rings is 2. The summed E-state index contributed by atoms with van der Waals surface area (Å²) in [7, 11) is 0. The monoisotopic (exact) mass is 450 g/mol. The predicted molar refractivity (Wildman–Crippen MR) is 107 cm³/mol. The Morgan fingerprint density at radius 2 is 1.88 bits per heavy atom. The van der Waals surface area contributed by atoms with Crippen LogP contribution in [0.5, 0.6) is 0 Å². The van der Waals surface area contributed by atoms with Gasteiger partial charge in [-0.25, -0.2) is 4.99 Å². The van der Waals surface area contributed by atoms with Gasteiger partial charge in [0.05, 0.1) is 5.02 Å². The van der Waals surface area contributed by atoms with E-state index in [-0.39, 0.29) is 5.91 Å². The molecule has 1 aliphatic rings. The molecule has 2 aromatic rings. The number of nitrogens with zero attached hydrogens (tertiary/aromatic N) is 1. The second-order valence-electron chi connectivity index (χ2n) is 5.89. The molecule has 0 fully saturated rings. The average Bonchev–Trinajstić information content (AvgIpc) is 2.91. The van der Waals surface area contributed by atoms with E-state index in [0.717, 1.165) is 14.7 Å². The van der Waals surface area contributed by atoms with E-state index in [2.05, 4.69) is 58.9 Å². The summed E-state index contributed by atoms with van der Waals surface area (Å²) >= 11 is 8.43. The normalized spacial score (nSPS) is 15.8. The smallest absolute Gasteiger partial charge is 0.275 e. The van der Waals surface area contributed by atoms with Gasteiger partial charge in [0.25, 0.3) is 5.91 Å². The van der Waals surface area contributed by atoms with Gasteiger partial charge in [-0.05, 0) is 63.9 Å². The molecule has 0 unspecified atom stereocenters. The van der Waals surface area contributed by atoms with Crippen LogP contribution in [0, 0.1) is 3.57 Å². The van der Waals surface area contributed by atoms with Crippen LogP contribution in [0.2, 0.25) is 5.02 Å². The molecule has 5 heteroatoms. The van der Waals surface area contributed by atoms with Crippen LogP contribution in [0.15, 0.2) is 53.2 Å². The van der Waals surface area contributed by atoms with Crippen LogP contribution in [0.1, 0.15) is 36.5 Å². The maximum atomic E-state index is 12.2. The molecule has 0 aromatic heterocycles. The van der Waals surface area contributed by atoms with Gasteiger partial charge >= 0.3 is 0 Å². The summed E-state index contributed by atoms with van der Waals surface area (Å²) < 4.78 is 1.03. The Labute approximate surface area is 160 Å². The molecule has 0 radical (unpaired) electrons. The summed E-state index contributed by atoms with van der Waals surface area (Å²) in [5.74, 6) is 0.759. The highest BCUT2D eigenvalue weighted by Crippen LogP contribution is 2.23. The molecular weight excluding hydrogens is 435 g/mol. The van der Waals surface area contributed by atoms with E-state index >= 15 is 0 Å². The molecule has 24 heavy (non-hydrogen) atoms. The molecule has 122 valence electrons. The van der Waals surface area contributed by atoms with E-state index in [1.54, 1.807) is 12.1 Å². The Morgan fingerprint density at radius 1 is 1.17 bits per heavy atom. The highest BCUT2D eigenvalue weighted by atomic mass is 127. The van der Waals surface area contributed by atoms with Crippen molar-refractivity contribution < 1.29 is 4.79 Å². The Bertz CT molecular complexity index is 854. The molecule has 0 aliphatic carbocycles. The van der Waals surface area contributed by atoms with Crippen molar-refractivity contribution in [3.8, 4) is 0 Å². The van der Waals surface area contributed by atoms with Crippen LogP contribution in [-0.4, -0.2) is 11.7 Å². The number of aliphatic imine (C=N–C) groups is 1. The van der Waals surface area contributed by atoms with Gasteiger partial charge in [-0.3, -0.25) is 4.79 Å². The SMILES string of the molecule is CC(C)c1ccc(C=C2N=C(c3cc(I)ccc3Cl)NC2=O)cc1. The third kappa shape index (κ3) is 3.70. The standard InChI is InChI=1S/C19H16ClIN2O/c1-11(2)13-5-3-12(4-6-13)9-17-19(24)23-18(22-17)15-10-14(21)7-8-16(15)20/h3-11H,1-2H3,(H,22,23,24). The van der Waals surface area contributed by atoms with Crippen molar-refractivity contribution in [2.24, 2.45) is 4.99 Å². The third-order valence-corrected chi connectivity index (χ3v) is 4.79. The molecule has 1 heterocycles. The van der Waals surface area contributed by atoms with E-state index in [9.17, 15) is 4.79 Å². The lowest BCUT2D eigenvalue weighted by Crippen LogP contribution is -2.25. The number of carbonyl (C=O) groups is 1. The highest BCUT2D eigenvalue weighted by Gasteiger charge is 2.22. The lowest BCUT2D eigenvalue weighted by Gasteiger charge is -2.04. The largest absolute Gasteiger partial charge is 0.305 e. The first kappa shape index (κ1) is 17.2. The molecule has 2 aromatic carbocycles. The van der Waals surface area contributed by atoms with Gasteiger partial charge in [-0.2, -0.15) is 0 Å². The van der Waals surface area contributed by atoms with Gasteiger partial charge in [0.2, 0.25) is 0 Å². The van der Waals surface area contributed by atoms with Gasteiger partial charge in [0.15, 0.2) is 0 Å². The Hall–Kier alpha value is -1.66. The van der Waals surface area contributed by atoms with Crippen LogP contribution in [0.3, 0.4) is 0 Å². The molecule has 3 nitrogen and oxygen atoms in total. The van der Waals surface area contributed by atoms with Crippen molar-refractivity contribution >= 4 is 52.0 Å². The minimum Gasteiger partial charge on any atom is -0.305 e. The third-order valence-electron chi connectivity index (χ3n) is 3.79. The number of rotatable bonds is 3. The fourth-order valence-corrected chi connectivity index (χ4v) is 3.11. The number of amidine groups is 1. The van der Waals surface area contributed by atoms with Gasteiger partial charge in [-0.1, -0.05) is 49.7 Å². The molecule has 0 saturated heterocycles. The molecule has 1 amide bonds. The fourth-order valence-electron chi connectivity index (χ4n) is 2.41. The van der Waals surface area contributed by atoms with Crippen molar-refractivity contribution in [2.45, 2.75) is 19.8 Å². The number of hydrogen-bond donors (Lipinski definition) is 1. The number of amides is 1. The minimum absolute atomic E-state index is 0.215. The first-order valence-electron chi connectivity index (χ1n) is 7.61. The second-order valence-corrected chi connectivity index (χ2v) is 7.54. The summed E-state index contributed by atoms with van der Waals surface area (Å²) in [6.07, 6.45) is 1.79. The number of nitrogens with one attached hydrogen (secondary N) is 1. The number of halogens is 2. The highest BCUT2D eigenvalue weighted by molar-refractivity contribution is 14.1. The van der Waals surface area contributed by atoms with Crippen molar-refractivity contribution in [3.05, 3.63) is 73.4 Å². The lowest BCUT2D eigenvalue weighted by molar-refractivity contribution is -0.115. The zero-order valence-corrected chi connectivity index (χ0v) is 16.2. The van der Waals surface area contributed by atoms with Crippen LogP contribution >= 0.6 is 34.2 Å². The molecule has 1 aliphatic heterocycles. The summed E-state index contributed by atoms with van der Waals surface area (Å²) in [4.78, 5) is 16.6. The second kappa shape index (κ2) is 7.07. The van der Waals surface area contributed by atoms with Gasteiger partial charge in [0, 0.05) is 9.13 Å². The van der Waals surface area contributed by atoms with E-state index in [4.69, 9.17) is 11.6 Å². The fraction of sp³-hybridized carbons (Fsp3) is 0.158. The number of carbonyl (C=O) groups excluding carboxylic acids is 1. The Balaban J connectivity index is 1.92. The first-order valence-corrected chi connectivity index (χ1v) is 9.07. The zero-order chi connectivity index (χ0) is 17.3. The number of hydrogen-bond acceptors (Lipinski definition) is 2. The summed E-state index contributed by atoms with van der Waals surface area (Å²) in [6, 6.07) is 13.8. The minimum atomic E-state index is -0.215. The van der Waals surface area contributed by atoms with Crippen molar-refractivity contribution in [2.75, 3.05) is 0 Å². The van der Waals surface area contributed by atoms with Gasteiger partial charge in [0.1, 0.15) is 11.5 Å². The van der Waals surface area contributed by atoms with Crippen LogP contribution in [0.25, 0.3) is 6.08 Å². The van der Waals surface area contributed by atoms with Crippen molar-refractivity contribution in [1.29, 1.82) is 0 Å². The van der Waals surface area contributed by atoms with E-state index in [1.165, 1.54) is 5.56 Å². The Morgan fingerprint density at radius 3 is 2.54 bits per heavy atom. The predicted octanol–water partition coefficient (Wildman–Crippen LogP) is 4.99. The summed E-state index contributed by atoms with van der Waals surface area (Å²) in [6.45, 7) is 4.30. The molecule has 0 atom stereocenters. The lowest BCUT2D eigenvalue weighted by atomic mass is 10.0. The molecular formula is C19H16ClIN2O. The quantitative estimate of drug-likeness (QED) is 0.520. The van der Waals surface area contributed by atoms with Crippen LogP contribution < -0.4 is 5.32 Å². The topological polar surface area (TPSA) is 41.5 Å². The van der Waals surface area contributed by atoms with Gasteiger partial charge in [-0.15, -0.1) is 0 Å².